The molecule has 0 saturated carbocycles. The van der Waals surface area contributed by atoms with Gasteiger partial charge in [-0.05, 0) is 68.7 Å². The van der Waals surface area contributed by atoms with Gasteiger partial charge >= 0.3 is 17.6 Å². The Bertz CT molecular complexity index is 1080. The van der Waals surface area contributed by atoms with Gasteiger partial charge in [0.05, 0.1) is 25.2 Å². The summed E-state index contributed by atoms with van der Waals surface area (Å²) in [7, 11) is 0. The van der Waals surface area contributed by atoms with Gasteiger partial charge in [-0.3, -0.25) is 4.79 Å². The lowest BCUT2D eigenvalue weighted by molar-refractivity contribution is -0.139. The summed E-state index contributed by atoms with van der Waals surface area (Å²) >= 11 is 0. The monoisotopic (exact) mass is 422 g/mol. The molecular formula is C24H22O7. The smallest absolute Gasteiger partial charge is 0.343 e. The van der Waals surface area contributed by atoms with Crippen molar-refractivity contribution in [3.63, 3.8) is 0 Å². The Labute approximate surface area is 179 Å². The van der Waals surface area contributed by atoms with E-state index in [0.717, 1.165) is 31.1 Å². The quantitative estimate of drug-likeness (QED) is 0.210. The SMILES string of the molecule is [CH2][CH]C(=O)OCCCCCOc1ccc(C(=O)Oc2ccc3ccc(=O)oc3c2)cc1. The molecule has 0 aliphatic heterocycles. The lowest BCUT2D eigenvalue weighted by Crippen LogP contribution is -2.08. The fourth-order valence-corrected chi connectivity index (χ4v) is 2.76. The number of rotatable bonds is 10. The highest BCUT2D eigenvalue weighted by Crippen LogP contribution is 2.21. The second-order valence-corrected chi connectivity index (χ2v) is 6.65. The normalized spacial score (nSPS) is 10.6. The van der Waals surface area contributed by atoms with Gasteiger partial charge in [0, 0.05) is 17.5 Å². The van der Waals surface area contributed by atoms with Crippen LogP contribution in [-0.2, 0) is 9.53 Å². The number of carbonyl (C=O) groups is 2. The molecule has 2 aromatic carbocycles. The third-order valence-corrected chi connectivity index (χ3v) is 4.36. The minimum absolute atomic E-state index is 0.283. The van der Waals surface area contributed by atoms with Gasteiger partial charge in [-0.15, -0.1) is 0 Å². The average Bonchev–Trinajstić information content (AvgIpc) is 2.78. The van der Waals surface area contributed by atoms with E-state index in [9.17, 15) is 14.4 Å². The third-order valence-electron chi connectivity index (χ3n) is 4.36. The molecule has 160 valence electrons. The maximum atomic E-state index is 12.4. The summed E-state index contributed by atoms with van der Waals surface area (Å²) in [6, 6.07) is 14.5. The molecule has 0 aliphatic carbocycles. The predicted octanol–water partition coefficient (Wildman–Crippen LogP) is 4.14. The molecule has 0 spiro atoms. The van der Waals surface area contributed by atoms with Crippen LogP contribution < -0.4 is 15.1 Å². The summed E-state index contributed by atoms with van der Waals surface area (Å²) in [6.07, 6.45) is 3.57. The van der Waals surface area contributed by atoms with Crippen molar-refractivity contribution in [3.8, 4) is 11.5 Å². The van der Waals surface area contributed by atoms with Gasteiger partial charge in [-0.1, -0.05) is 0 Å². The van der Waals surface area contributed by atoms with Crippen LogP contribution in [0.2, 0.25) is 0 Å². The number of fused-ring (bicyclic) bond motifs is 1. The number of hydrogen-bond acceptors (Lipinski definition) is 7. The average molecular weight is 422 g/mol. The van der Waals surface area contributed by atoms with Crippen LogP contribution in [0.25, 0.3) is 11.0 Å². The van der Waals surface area contributed by atoms with Crippen molar-refractivity contribution >= 4 is 22.9 Å². The maximum Gasteiger partial charge on any atom is 0.343 e. The van der Waals surface area contributed by atoms with Gasteiger partial charge < -0.3 is 18.6 Å². The Morgan fingerprint density at radius 1 is 0.903 bits per heavy atom. The van der Waals surface area contributed by atoms with E-state index in [1.807, 2.05) is 0 Å². The highest BCUT2D eigenvalue weighted by Gasteiger charge is 2.10. The Morgan fingerprint density at radius 2 is 1.61 bits per heavy atom. The van der Waals surface area contributed by atoms with E-state index < -0.39 is 17.6 Å². The van der Waals surface area contributed by atoms with Crippen LogP contribution >= 0.6 is 0 Å². The molecule has 3 rings (SSSR count). The Hall–Kier alpha value is -3.61. The Kier molecular flexibility index (Phi) is 7.81. The largest absolute Gasteiger partial charge is 0.494 e. The van der Waals surface area contributed by atoms with E-state index in [2.05, 4.69) is 6.92 Å². The fraction of sp³-hybridized carbons (Fsp3) is 0.208. The van der Waals surface area contributed by atoms with Gasteiger partial charge in [-0.25, -0.2) is 9.59 Å². The molecule has 0 fully saturated rings. The van der Waals surface area contributed by atoms with E-state index in [-0.39, 0.29) is 5.75 Å². The highest BCUT2D eigenvalue weighted by atomic mass is 16.5. The molecule has 0 N–H and O–H groups in total. The lowest BCUT2D eigenvalue weighted by atomic mass is 10.2. The Balaban J connectivity index is 1.44. The zero-order valence-electron chi connectivity index (χ0n) is 16.9. The van der Waals surface area contributed by atoms with Crippen LogP contribution in [0.4, 0.5) is 0 Å². The van der Waals surface area contributed by atoms with Gasteiger partial charge in [0.2, 0.25) is 0 Å². The second-order valence-electron chi connectivity index (χ2n) is 6.65. The van der Waals surface area contributed by atoms with Gasteiger partial charge in [0.1, 0.15) is 17.1 Å². The number of benzene rings is 2. The number of carbonyl (C=O) groups excluding carboxylic acids is 2. The third kappa shape index (κ3) is 6.70. The zero-order chi connectivity index (χ0) is 22.1. The maximum absolute atomic E-state index is 12.4. The molecule has 3 aromatic rings. The molecule has 1 heterocycles. The minimum Gasteiger partial charge on any atom is -0.494 e. The molecule has 2 radical (unpaired) electrons. The number of hydrogen-bond donors (Lipinski definition) is 0. The summed E-state index contributed by atoms with van der Waals surface area (Å²) in [6.45, 7) is 4.22. The van der Waals surface area contributed by atoms with Crippen LogP contribution in [0.5, 0.6) is 11.5 Å². The van der Waals surface area contributed by atoms with E-state index in [1.54, 1.807) is 42.5 Å². The molecule has 7 heteroatoms. The van der Waals surface area contributed by atoms with E-state index in [4.69, 9.17) is 18.6 Å². The van der Waals surface area contributed by atoms with Crippen molar-refractivity contribution in [3.05, 3.63) is 83.9 Å². The lowest BCUT2D eigenvalue weighted by Gasteiger charge is -2.08. The number of unbranched alkanes of at least 4 members (excludes halogenated alkanes) is 2. The molecule has 7 nitrogen and oxygen atoms in total. The number of esters is 2. The van der Waals surface area contributed by atoms with Crippen molar-refractivity contribution in [2.45, 2.75) is 19.3 Å². The summed E-state index contributed by atoms with van der Waals surface area (Å²) in [5, 5.41) is 0.735. The molecule has 0 saturated heterocycles. The molecule has 0 amide bonds. The van der Waals surface area contributed by atoms with E-state index in [0.29, 0.717) is 30.1 Å². The minimum atomic E-state index is -0.529. The van der Waals surface area contributed by atoms with E-state index >= 15 is 0 Å². The van der Waals surface area contributed by atoms with E-state index in [1.165, 1.54) is 12.1 Å². The topological polar surface area (TPSA) is 92.0 Å². The van der Waals surface area contributed by atoms with Crippen molar-refractivity contribution in [1.29, 1.82) is 0 Å². The van der Waals surface area contributed by atoms with Gasteiger partial charge in [0.15, 0.2) is 0 Å². The molecule has 0 unspecified atom stereocenters. The summed E-state index contributed by atoms with van der Waals surface area (Å²) in [5.41, 5.74) is 0.245. The van der Waals surface area contributed by atoms with Gasteiger partial charge in [-0.2, -0.15) is 0 Å². The summed E-state index contributed by atoms with van der Waals surface area (Å²) in [4.78, 5) is 34.6. The first-order valence-corrected chi connectivity index (χ1v) is 9.83. The highest BCUT2D eigenvalue weighted by molar-refractivity contribution is 5.91. The summed E-state index contributed by atoms with van der Waals surface area (Å²) < 4.78 is 21.0. The van der Waals surface area contributed by atoms with Crippen molar-refractivity contribution in [2.24, 2.45) is 0 Å². The first-order chi connectivity index (χ1) is 15.0. The van der Waals surface area contributed by atoms with Crippen molar-refractivity contribution in [2.75, 3.05) is 13.2 Å². The standard InChI is InChI=1S/C24H22O7/c1-2-22(25)29-15-5-3-4-14-28-19-10-7-18(8-11-19)24(27)30-20-12-6-17-9-13-23(26)31-21(17)16-20/h2,6-13,16H,1,3-5,14-15H2. The number of ether oxygens (including phenoxy) is 3. The first-order valence-electron chi connectivity index (χ1n) is 9.83. The van der Waals surface area contributed by atoms with Crippen molar-refractivity contribution < 1.29 is 28.2 Å². The van der Waals surface area contributed by atoms with Crippen LogP contribution in [0.1, 0.15) is 29.6 Å². The van der Waals surface area contributed by atoms with Crippen LogP contribution in [0, 0.1) is 13.3 Å². The Morgan fingerprint density at radius 3 is 2.39 bits per heavy atom. The summed E-state index contributed by atoms with van der Waals surface area (Å²) in [5.74, 6) is -0.0200. The molecule has 0 atom stereocenters. The molecule has 1 aromatic heterocycles. The zero-order valence-corrected chi connectivity index (χ0v) is 16.9. The fourth-order valence-electron chi connectivity index (χ4n) is 2.76. The van der Waals surface area contributed by atoms with Crippen molar-refractivity contribution in [1.82, 2.24) is 0 Å². The second kappa shape index (κ2) is 11.0. The molecule has 31 heavy (non-hydrogen) atoms. The van der Waals surface area contributed by atoms with Gasteiger partial charge in [0.25, 0.3) is 0 Å². The van der Waals surface area contributed by atoms with Crippen LogP contribution in [0.15, 0.2) is 63.8 Å². The van der Waals surface area contributed by atoms with Crippen LogP contribution in [0.3, 0.4) is 0 Å². The predicted molar refractivity (Wildman–Crippen MR) is 114 cm³/mol. The molecule has 0 aliphatic rings. The molecular weight excluding hydrogens is 400 g/mol. The van der Waals surface area contributed by atoms with Crippen LogP contribution in [-0.4, -0.2) is 25.2 Å². The first kappa shape index (κ1) is 22.1. The molecule has 0 bridgehead atoms.